The van der Waals surface area contributed by atoms with Crippen molar-refractivity contribution in [3.05, 3.63) is 0 Å². The summed E-state index contributed by atoms with van der Waals surface area (Å²) >= 11 is 3.55. The maximum absolute atomic E-state index is 9.36. The third kappa shape index (κ3) is 3.96. The van der Waals surface area contributed by atoms with E-state index < -0.39 is 0 Å². The zero-order valence-electron chi connectivity index (χ0n) is 8.38. The number of alkyl halides is 1. The number of likely N-dealkylation sites (tertiary alicyclic amines) is 1. The molecule has 0 spiro atoms. The molecule has 0 aromatic rings. The first-order chi connectivity index (χ1) is 6.26. The number of hydrogen-bond acceptors (Lipinski definition) is 2. The molecule has 1 aliphatic rings. The SMILES string of the molecule is CCCC(CBr)CN1CCC(O)C1. The molecule has 0 bridgehead atoms. The van der Waals surface area contributed by atoms with Gasteiger partial charge in [-0.15, -0.1) is 0 Å². The first-order valence-electron chi connectivity index (χ1n) is 5.22. The summed E-state index contributed by atoms with van der Waals surface area (Å²) in [7, 11) is 0. The first kappa shape index (κ1) is 11.5. The molecule has 1 saturated heterocycles. The number of rotatable bonds is 5. The van der Waals surface area contributed by atoms with E-state index in [4.69, 9.17) is 0 Å². The van der Waals surface area contributed by atoms with E-state index in [9.17, 15) is 5.11 Å². The minimum Gasteiger partial charge on any atom is -0.392 e. The van der Waals surface area contributed by atoms with Crippen LogP contribution in [0.1, 0.15) is 26.2 Å². The van der Waals surface area contributed by atoms with E-state index >= 15 is 0 Å². The molecule has 0 aromatic carbocycles. The van der Waals surface area contributed by atoms with Crippen LogP contribution in [0, 0.1) is 5.92 Å². The summed E-state index contributed by atoms with van der Waals surface area (Å²) in [6, 6.07) is 0. The molecule has 0 aromatic heterocycles. The summed E-state index contributed by atoms with van der Waals surface area (Å²) in [5.41, 5.74) is 0. The monoisotopic (exact) mass is 249 g/mol. The molecule has 3 heteroatoms. The topological polar surface area (TPSA) is 23.5 Å². The Morgan fingerprint density at radius 3 is 2.85 bits per heavy atom. The van der Waals surface area contributed by atoms with Crippen LogP contribution in [0.25, 0.3) is 0 Å². The van der Waals surface area contributed by atoms with Gasteiger partial charge in [-0.3, -0.25) is 0 Å². The van der Waals surface area contributed by atoms with E-state index in [0.29, 0.717) is 0 Å². The average molecular weight is 250 g/mol. The Balaban J connectivity index is 2.21. The predicted octanol–water partition coefficient (Wildman–Crippen LogP) is 1.86. The summed E-state index contributed by atoms with van der Waals surface area (Å²) < 4.78 is 0. The highest BCUT2D eigenvalue weighted by Gasteiger charge is 2.21. The van der Waals surface area contributed by atoms with Crippen LogP contribution in [-0.4, -0.2) is 41.1 Å². The van der Waals surface area contributed by atoms with Crippen molar-refractivity contribution in [3.63, 3.8) is 0 Å². The van der Waals surface area contributed by atoms with Gasteiger partial charge in [-0.2, -0.15) is 0 Å². The molecule has 1 rings (SSSR count). The molecular formula is C10H20BrNO. The maximum atomic E-state index is 9.36. The largest absolute Gasteiger partial charge is 0.392 e. The zero-order valence-corrected chi connectivity index (χ0v) is 9.96. The lowest BCUT2D eigenvalue weighted by Crippen LogP contribution is -2.29. The molecule has 0 radical (unpaired) electrons. The van der Waals surface area contributed by atoms with E-state index in [1.807, 2.05) is 0 Å². The summed E-state index contributed by atoms with van der Waals surface area (Å²) in [4.78, 5) is 2.38. The third-order valence-corrected chi connectivity index (χ3v) is 3.59. The molecular weight excluding hydrogens is 230 g/mol. The highest BCUT2D eigenvalue weighted by Crippen LogP contribution is 2.16. The van der Waals surface area contributed by atoms with Crippen molar-refractivity contribution in [3.8, 4) is 0 Å². The molecule has 2 nitrogen and oxygen atoms in total. The summed E-state index contributed by atoms with van der Waals surface area (Å²) in [6.45, 7) is 5.34. The number of halogens is 1. The van der Waals surface area contributed by atoms with Crippen molar-refractivity contribution in [2.45, 2.75) is 32.3 Å². The Labute approximate surface area is 89.4 Å². The predicted molar refractivity (Wildman–Crippen MR) is 59.3 cm³/mol. The lowest BCUT2D eigenvalue weighted by Gasteiger charge is -2.21. The Kier molecular flexibility index (Phi) is 5.29. The standard InChI is InChI=1S/C10H20BrNO/c1-2-3-9(6-11)7-12-5-4-10(13)8-12/h9-10,13H,2-8H2,1H3. The maximum Gasteiger partial charge on any atom is 0.0679 e. The molecule has 1 heterocycles. The summed E-state index contributed by atoms with van der Waals surface area (Å²) in [6.07, 6.45) is 3.43. The Morgan fingerprint density at radius 2 is 2.38 bits per heavy atom. The molecule has 0 amide bonds. The third-order valence-electron chi connectivity index (χ3n) is 2.68. The number of aliphatic hydroxyl groups excluding tert-OH is 1. The van der Waals surface area contributed by atoms with Gasteiger partial charge in [0, 0.05) is 25.0 Å². The lowest BCUT2D eigenvalue weighted by atomic mass is 10.1. The second-order valence-electron chi connectivity index (χ2n) is 4.01. The molecule has 2 unspecified atom stereocenters. The quantitative estimate of drug-likeness (QED) is 0.753. The van der Waals surface area contributed by atoms with Crippen molar-refractivity contribution >= 4 is 15.9 Å². The molecule has 0 aliphatic carbocycles. The molecule has 1 fully saturated rings. The molecule has 0 saturated carbocycles. The minimum atomic E-state index is -0.0717. The van der Waals surface area contributed by atoms with E-state index in [0.717, 1.165) is 37.3 Å². The van der Waals surface area contributed by atoms with Crippen molar-refractivity contribution < 1.29 is 5.11 Å². The van der Waals surface area contributed by atoms with E-state index in [1.54, 1.807) is 0 Å². The number of hydrogen-bond donors (Lipinski definition) is 1. The fourth-order valence-corrected chi connectivity index (χ4v) is 2.50. The van der Waals surface area contributed by atoms with E-state index in [-0.39, 0.29) is 6.10 Å². The van der Waals surface area contributed by atoms with Crippen LogP contribution in [0.5, 0.6) is 0 Å². The van der Waals surface area contributed by atoms with Crippen LogP contribution >= 0.6 is 15.9 Å². The Bertz CT molecular complexity index is 141. The second kappa shape index (κ2) is 5.99. The van der Waals surface area contributed by atoms with Gasteiger partial charge in [0.25, 0.3) is 0 Å². The highest BCUT2D eigenvalue weighted by molar-refractivity contribution is 9.09. The van der Waals surface area contributed by atoms with E-state index in [1.165, 1.54) is 12.8 Å². The number of β-amino-alcohol motifs (C(OH)–C–C–N with tert-alkyl or cyclic N) is 1. The molecule has 1 aliphatic heterocycles. The molecule has 13 heavy (non-hydrogen) atoms. The van der Waals surface area contributed by atoms with Crippen LogP contribution in [0.4, 0.5) is 0 Å². The molecule has 1 N–H and O–H groups in total. The van der Waals surface area contributed by atoms with Crippen molar-refractivity contribution in [1.82, 2.24) is 4.90 Å². The van der Waals surface area contributed by atoms with Crippen LogP contribution in [0.2, 0.25) is 0 Å². The van der Waals surface area contributed by atoms with Gasteiger partial charge in [-0.05, 0) is 18.8 Å². The van der Waals surface area contributed by atoms with Crippen LogP contribution < -0.4 is 0 Å². The van der Waals surface area contributed by atoms with Crippen LogP contribution in [0.3, 0.4) is 0 Å². The van der Waals surface area contributed by atoms with Crippen molar-refractivity contribution in [2.75, 3.05) is 25.0 Å². The highest BCUT2D eigenvalue weighted by atomic mass is 79.9. The number of aliphatic hydroxyl groups is 1. The van der Waals surface area contributed by atoms with E-state index in [2.05, 4.69) is 27.8 Å². The lowest BCUT2D eigenvalue weighted by molar-refractivity contribution is 0.170. The van der Waals surface area contributed by atoms with Crippen molar-refractivity contribution in [2.24, 2.45) is 5.92 Å². The van der Waals surface area contributed by atoms with Gasteiger partial charge in [0.15, 0.2) is 0 Å². The Hall–Kier alpha value is 0.400. The van der Waals surface area contributed by atoms with Gasteiger partial charge in [0.1, 0.15) is 0 Å². The van der Waals surface area contributed by atoms with Gasteiger partial charge in [0.2, 0.25) is 0 Å². The fourth-order valence-electron chi connectivity index (χ4n) is 1.97. The van der Waals surface area contributed by atoms with Gasteiger partial charge < -0.3 is 10.0 Å². The fraction of sp³-hybridized carbons (Fsp3) is 1.00. The first-order valence-corrected chi connectivity index (χ1v) is 6.34. The van der Waals surface area contributed by atoms with Crippen molar-refractivity contribution in [1.29, 1.82) is 0 Å². The molecule has 78 valence electrons. The molecule has 2 atom stereocenters. The van der Waals surface area contributed by atoms with Gasteiger partial charge in [0.05, 0.1) is 6.10 Å². The normalized spacial score (nSPS) is 26.5. The minimum absolute atomic E-state index is 0.0717. The van der Waals surface area contributed by atoms with Gasteiger partial charge in [-0.1, -0.05) is 29.3 Å². The van der Waals surface area contributed by atoms with Gasteiger partial charge in [-0.25, -0.2) is 0 Å². The average Bonchev–Trinajstić information content (AvgIpc) is 2.50. The Morgan fingerprint density at radius 1 is 1.62 bits per heavy atom. The van der Waals surface area contributed by atoms with Crippen LogP contribution in [0.15, 0.2) is 0 Å². The summed E-state index contributed by atoms with van der Waals surface area (Å²) in [5.74, 6) is 0.760. The smallest absolute Gasteiger partial charge is 0.0679 e. The second-order valence-corrected chi connectivity index (χ2v) is 4.66. The number of nitrogens with zero attached hydrogens (tertiary/aromatic N) is 1. The van der Waals surface area contributed by atoms with Crippen LogP contribution in [-0.2, 0) is 0 Å². The summed E-state index contributed by atoms with van der Waals surface area (Å²) in [5, 5.41) is 10.5. The van der Waals surface area contributed by atoms with Gasteiger partial charge >= 0.3 is 0 Å². The zero-order chi connectivity index (χ0) is 9.68.